The smallest absolute Gasteiger partial charge is 0.262 e. The van der Waals surface area contributed by atoms with E-state index in [4.69, 9.17) is 26.1 Å². The average Bonchev–Trinajstić information content (AvgIpc) is 3.03. The molecule has 1 aliphatic heterocycles. The minimum absolute atomic E-state index is 0.119. The molecule has 1 aromatic heterocycles. The maximum atomic E-state index is 12.2. The number of para-hydroxylation sites is 1. The molecule has 0 aliphatic carbocycles. The van der Waals surface area contributed by atoms with Crippen LogP contribution in [-0.2, 0) is 23.1 Å². The Morgan fingerprint density at radius 2 is 2.03 bits per heavy atom. The van der Waals surface area contributed by atoms with E-state index in [1.807, 2.05) is 37.4 Å². The van der Waals surface area contributed by atoms with Gasteiger partial charge in [-0.05, 0) is 30.3 Å². The molecular formula is C21H23ClN4O3. The maximum absolute atomic E-state index is 12.2. The molecule has 1 fully saturated rings. The molecule has 0 saturated carbocycles. The Labute approximate surface area is 174 Å². The molecule has 3 aromatic rings. The number of amides is 1. The molecule has 2 heterocycles. The topological polar surface area (TPSA) is 68.6 Å². The molecule has 1 N–H and O–H groups in total. The van der Waals surface area contributed by atoms with E-state index in [9.17, 15) is 4.79 Å². The third-order valence-electron chi connectivity index (χ3n) is 4.92. The van der Waals surface area contributed by atoms with Crippen molar-refractivity contribution in [3.8, 4) is 5.75 Å². The number of nitrogens with zero attached hydrogens (tertiary/aromatic N) is 3. The molecule has 8 heteroatoms. The van der Waals surface area contributed by atoms with Crippen molar-refractivity contribution in [2.24, 2.45) is 7.05 Å². The summed E-state index contributed by atoms with van der Waals surface area (Å²) >= 11 is 6.04. The van der Waals surface area contributed by atoms with Crippen LogP contribution in [0.25, 0.3) is 11.0 Å². The average molecular weight is 415 g/mol. The molecule has 7 nitrogen and oxygen atoms in total. The fraction of sp³-hybridized carbons (Fsp3) is 0.333. The van der Waals surface area contributed by atoms with Gasteiger partial charge in [-0.3, -0.25) is 9.69 Å². The van der Waals surface area contributed by atoms with E-state index in [1.54, 1.807) is 12.1 Å². The second-order valence-electron chi connectivity index (χ2n) is 6.95. The van der Waals surface area contributed by atoms with Crippen molar-refractivity contribution in [3.05, 3.63) is 53.3 Å². The molecule has 0 unspecified atom stereocenters. The fourth-order valence-electron chi connectivity index (χ4n) is 3.33. The highest BCUT2D eigenvalue weighted by atomic mass is 35.5. The highest BCUT2D eigenvalue weighted by Crippen LogP contribution is 2.23. The number of aryl methyl sites for hydroxylation is 1. The van der Waals surface area contributed by atoms with Crippen LogP contribution >= 0.6 is 11.6 Å². The number of carbonyl (C=O) groups excluding carboxylic acids is 1. The van der Waals surface area contributed by atoms with E-state index in [2.05, 4.69) is 14.8 Å². The molecule has 0 spiro atoms. The van der Waals surface area contributed by atoms with Crippen LogP contribution < -0.4 is 10.1 Å². The summed E-state index contributed by atoms with van der Waals surface area (Å²) in [5.41, 5.74) is 2.56. The Hall–Kier alpha value is -2.61. The van der Waals surface area contributed by atoms with Crippen LogP contribution in [0, 0.1) is 0 Å². The van der Waals surface area contributed by atoms with Gasteiger partial charge in [-0.25, -0.2) is 4.98 Å². The third kappa shape index (κ3) is 4.70. The largest absolute Gasteiger partial charge is 0.482 e. The molecule has 0 bridgehead atoms. The van der Waals surface area contributed by atoms with Gasteiger partial charge in [0, 0.05) is 25.8 Å². The van der Waals surface area contributed by atoms with Crippen molar-refractivity contribution in [3.63, 3.8) is 0 Å². The molecule has 0 radical (unpaired) electrons. The zero-order chi connectivity index (χ0) is 20.2. The first kappa shape index (κ1) is 19.7. The molecular weight excluding hydrogens is 392 g/mol. The summed E-state index contributed by atoms with van der Waals surface area (Å²) in [6.45, 7) is 4.01. The Morgan fingerprint density at radius 1 is 1.24 bits per heavy atom. The number of morpholine rings is 1. The lowest BCUT2D eigenvalue weighted by Crippen LogP contribution is -2.36. The van der Waals surface area contributed by atoms with Gasteiger partial charge in [-0.2, -0.15) is 0 Å². The lowest BCUT2D eigenvalue weighted by atomic mass is 10.2. The first-order valence-corrected chi connectivity index (χ1v) is 9.90. The number of benzene rings is 2. The number of nitrogens with one attached hydrogen (secondary N) is 1. The number of halogens is 1. The van der Waals surface area contributed by atoms with Crippen molar-refractivity contribution >= 4 is 34.2 Å². The number of ether oxygens (including phenoxy) is 2. The molecule has 1 amide bonds. The summed E-state index contributed by atoms with van der Waals surface area (Å²) in [6, 6.07) is 12.8. The SMILES string of the molecule is Cn1c(CN2CCOCC2)nc2cc(NC(=O)COc3ccccc3Cl)ccc21. The molecule has 1 aliphatic rings. The second kappa shape index (κ2) is 8.82. The molecule has 152 valence electrons. The van der Waals surface area contributed by atoms with Crippen molar-refractivity contribution < 1.29 is 14.3 Å². The molecule has 2 aromatic carbocycles. The van der Waals surface area contributed by atoms with E-state index in [0.29, 0.717) is 16.5 Å². The van der Waals surface area contributed by atoms with Crippen molar-refractivity contribution in [1.82, 2.24) is 14.5 Å². The van der Waals surface area contributed by atoms with Crippen molar-refractivity contribution in [2.75, 3.05) is 38.2 Å². The van der Waals surface area contributed by atoms with Crippen LogP contribution in [0.2, 0.25) is 5.02 Å². The Morgan fingerprint density at radius 3 is 2.83 bits per heavy atom. The fourth-order valence-corrected chi connectivity index (χ4v) is 3.52. The number of rotatable bonds is 6. The minimum Gasteiger partial charge on any atom is -0.482 e. The van der Waals surface area contributed by atoms with Gasteiger partial charge in [-0.15, -0.1) is 0 Å². The van der Waals surface area contributed by atoms with E-state index < -0.39 is 0 Å². The summed E-state index contributed by atoms with van der Waals surface area (Å²) in [6.07, 6.45) is 0. The first-order valence-electron chi connectivity index (χ1n) is 9.53. The highest BCUT2D eigenvalue weighted by Gasteiger charge is 2.15. The van der Waals surface area contributed by atoms with E-state index in [0.717, 1.165) is 49.7 Å². The lowest BCUT2D eigenvalue weighted by molar-refractivity contribution is -0.118. The van der Waals surface area contributed by atoms with Gasteiger partial charge in [0.25, 0.3) is 5.91 Å². The van der Waals surface area contributed by atoms with Gasteiger partial charge >= 0.3 is 0 Å². The molecule has 1 saturated heterocycles. The van der Waals surface area contributed by atoms with Gasteiger partial charge in [0.05, 0.1) is 35.8 Å². The number of carbonyl (C=O) groups is 1. The van der Waals surface area contributed by atoms with Gasteiger partial charge in [0.1, 0.15) is 11.6 Å². The highest BCUT2D eigenvalue weighted by molar-refractivity contribution is 6.32. The van der Waals surface area contributed by atoms with Gasteiger partial charge in [-0.1, -0.05) is 23.7 Å². The summed E-state index contributed by atoms with van der Waals surface area (Å²) in [4.78, 5) is 19.3. The molecule has 29 heavy (non-hydrogen) atoms. The standard InChI is InChI=1S/C21H23ClN4O3/c1-25-18-7-6-15(23-21(27)14-29-19-5-3-2-4-16(19)22)12-17(18)24-20(25)13-26-8-10-28-11-9-26/h2-7,12H,8-11,13-14H2,1H3,(H,23,27). The number of aromatic nitrogens is 2. The van der Waals surface area contributed by atoms with Crippen LogP contribution in [0.3, 0.4) is 0 Å². The van der Waals surface area contributed by atoms with E-state index >= 15 is 0 Å². The normalized spacial score (nSPS) is 14.8. The predicted octanol–water partition coefficient (Wildman–Crippen LogP) is 3.08. The summed E-state index contributed by atoms with van der Waals surface area (Å²) in [5, 5.41) is 3.33. The third-order valence-corrected chi connectivity index (χ3v) is 5.23. The Balaban J connectivity index is 1.41. The Bertz CT molecular complexity index is 1010. The molecule has 4 rings (SSSR count). The summed E-state index contributed by atoms with van der Waals surface area (Å²) in [5.74, 6) is 1.22. The second-order valence-corrected chi connectivity index (χ2v) is 7.35. The van der Waals surface area contributed by atoms with Crippen LogP contribution in [0.5, 0.6) is 5.75 Å². The van der Waals surface area contributed by atoms with Crippen LogP contribution in [0.4, 0.5) is 5.69 Å². The quantitative estimate of drug-likeness (QED) is 0.671. The summed E-state index contributed by atoms with van der Waals surface area (Å²) in [7, 11) is 2.01. The Kier molecular flexibility index (Phi) is 5.99. The van der Waals surface area contributed by atoms with Crippen LogP contribution in [-0.4, -0.2) is 53.3 Å². The number of fused-ring (bicyclic) bond motifs is 1. The van der Waals surface area contributed by atoms with Gasteiger partial charge in [0.2, 0.25) is 0 Å². The van der Waals surface area contributed by atoms with Crippen molar-refractivity contribution in [1.29, 1.82) is 0 Å². The summed E-state index contributed by atoms with van der Waals surface area (Å²) < 4.78 is 13.0. The maximum Gasteiger partial charge on any atom is 0.262 e. The van der Waals surface area contributed by atoms with Gasteiger partial charge in [0.15, 0.2) is 6.61 Å². The lowest BCUT2D eigenvalue weighted by Gasteiger charge is -2.26. The number of imidazole rings is 1. The number of anilines is 1. The minimum atomic E-state index is -0.256. The zero-order valence-electron chi connectivity index (χ0n) is 16.2. The first-order chi connectivity index (χ1) is 14.1. The number of hydrogen-bond acceptors (Lipinski definition) is 5. The number of hydrogen-bond donors (Lipinski definition) is 1. The van der Waals surface area contributed by atoms with Crippen molar-refractivity contribution in [2.45, 2.75) is 6.54 Å². The zero-order valence-corrected chi connectivity index (χ0v) is 17.0. The van der Waals surface area contributed by atoms with Gasteiger partial charge < -0.3 is 19.4 Å². The van der Waals surface area contributed by atoms with E-state index in [1.165, 1.54) is 0 Å². The molecule has 0 atom stereocenters. The van der Waals surface area contributed by atoms with Crippen LogP contribution in [0.1, 0.15) is 5.82 Å². The monoisotopic (exact) mass is 414 g/mol. The van der Waals surface area contributed by atoms with E-state index in [-0.39, 0.29) is 12.5 Å². The van der Waals surface area contributed by atoms with Crippen LogP contribution in [0.15, 0.2) is 42.5 Å². The predicted molar refractivity (Wildman–Crippen MR) is 112 cm³/mol.